The Morgan fingerprint density at radius 2 is 1.48 bits per heavy atom. The van der Waals surface area contributed by atoms with Crippen molar-refractivity contribution >= 4 is 52.7 Å². The molecule has 0 aliphatic heterocycles. The number of nitro groups is 2. The summed E-state index contributed by atoms with van der Waals surface area (Å²) in [6, 6.07) is 1.58. The summed E-state index contributed by atoms with van der Waals surface area (Å²) in [5, 5.41) is 25.8. The van der Waals surface area contributed by atoms with Crippen LogP contribution in [0.15, 0.2) is 18.2 Å². The number of esters is 4. The van der Waals surface area contributed by atoms with E-state index >= 15 is 0 Å². The molecular weight excluding hydrogens is 558 g/mol. The van der Waals surface area contributed by atoms with Crippen molar-refractivity contribution in [1.82, 2.24) is 0 Å². The maximum absolute atomic E-state index is 12.3. The van der Waals surface area contributed by atoms with Gasteiger partial charge in [-0.25, -0.2) is 0 Å². The Bertz CT molecular complexity index is 1100. The van der Waals surface area contributed by atoms with Gasteiger partial charge in [0.25, 0.3) is 11.4 Å². The molecule has 0 saturated heterocycles. The molecule has 1 aromatic carbocycles. The zero-order chi connectivity index (χ0) is 30.6. The molecule has 5 atom stereocenters. The second-order valence-electron chi connectivity index (χ2n) is 8.04. The number of ether oxygens (including phenoxy) is 5. The summed E-state index contributed by atoms with van der Waals surface area (Å²) in [5.41, 5.74) is -2.40. The number of anilines is 1. The van der Waals surface area contributed by atoms with Crippen LogP contribution in [0.3, 0.4) is 0 Å². The first-order valence-corrected chi connectivity index (χ1v) is 12.7. The van der Waals surface area contributed by atoms with Gasteiger partial charge in [-0.2, -0.15) is 0 Å². The molecule has 0 aliphatic carbocycles. The zero-order valence-electron chi connectivity index (χ0n) is 22.6. The molecular formula is C23H31N3O13S. The topological polar surface area (TPSA) is 213 Å². The van der Waals surface area contributed by atoms with Crippen molar-refractivity contribution < 1.29 is 52.7 Å². The molecule has 0 amide bonds. The van der Waals surface area contributed by atoms with Crippen LogP contribution in [0.1, 0.15) is 34.6 Å². The molecule has 1 N–H and O–H groups in total. The third-order valence-electron chi connectivity index (χ3n) is 4.98. The van der Waals surface area contributed by atoms with Crippen LogP contribution in [0.4, 0.5) is 17.1 Å². The molecule has 0 bridgehead atoms. The maximum Gasteiger partial charge on any atom is 0.303 e. The van der Waals surface area contributed by atoms with Gasteiger partial charge in [-0.1, -0.05) is 6.92 Å². The van der Waals surface area contributed by atoms with E-state index in [4.69, 9.17) is 23.7 Å². The summed E-state index contributed by atoms with van der Waals surface area (Å²) in [6.07, 6.45) is -4.68. The van der Waals surface area contributed by atoms with E-state index in [0.29, 0.717) is 5.75 Å². The van der Waals surface area contributed by atoms with Crippen molar-refractivity contribution in [1.29, 1.82) is 0 Å². The lowest BCUT2D eigenvalue weighted by Crippen LogP contribution is -2.57. The molecule has 0 aliphatic rings. The number of rotatable bonds is 16. The van der Waals surface area contributed by atoms with E-state index in [2.05, 4.69) is 5.32 Å². The highest BCUT2D eigenvalue weighted by atomic mass is 32.2. The SMILES string of the molecule is CCSC(OC)C(Nc1ccc([N+](=O)[O-])cc1[N+](=O)[O-])C(OC(C)=O)C(OC(C)=O)C(COC(C)=O)OC(C)=O. The number of carbonyl (C=O) groups excluding carboxylic acids is 4. The first-order valence-electron chi connectivity index (χ1n) is 11.7. The van der Waals surface area contributed by atoms with E-state index in [1.807, 2.05) is 0 Å². The molecule has 0 spiro atoms. The minimum Gasteiger partial charge on any atom is -0.462 e. The van der Waals surface area contributed by atoms with E-state index in [9.17, 15) is 39.4 Å². The number of nitrogens with one attached hydrogen (secondary N) is 1. The van der Waals surface area contributed by atoms with E-state index < -0.39 is 81.5 Å². The molecule has 0 radical (unpaired) electrons. The minimum atomic E-state index is -1.62. The second kappa shape index (κ2) is 16.2. The summed E-state index contributed by atoms with van der Waals surface area (Å²) >= 11 is 1.17. The second-order valence-corrected chi connectivity index (χ2v) is 9.42. The van der Waals surface area contributed by atoms with Crippen LogP contribution in [0.2, 0.25) is 0 Å². The summed E-state index contributed by atoms with van der Waals surface area (Å²) in [5.74, 6) is -2.94. The van der Waals surface area contributed by atoms with E-state index in [1.165, 1.54) is 18.9 Å². The fourth-order valence-electron chi connectivity index (χ4n) is 3.56. The first-order chi connectivity index (χ1) is 18.7. The van der Waals surface area contributed by atoms with Gasteiger partial charge >= 0.3 is 23.9 Å². The smallest absolute Gasteiger partial charge is 0.303 e. The van der Waals surface area contributed by atoms with Gasteiger partial charge < -0.3 is 29.0 Å². The van der Waals surface area contributed by atoms with Crippen molar-refractivity contribution in [2.24, 2.45) is 0 Å². The van der Waals surface area contributed by atoms with Crippen LogP contribution >= 0.6 is 11.8 Å². The van der Waals surface area contributed by atoms with Crippen LogP contribution in [-0.4, -0.2) is 83.0 Å². The van der Waals surface area contributed by atoms with Crippen molar-refractivity contribution in [3.8, 4) is 0 Å². The molecule has 40 heavy (non-hydrogen) atoms. The van der Waals surface area contributed by atoms with E-state index in [-0.39, 0.29) is 5.69 Å². The van der Waals surface area contributed by atoms with Crippen molar-refractivity contribution in [2.75, 3.05) is 24.8 Å². The Kier molecular flexibility index (Phi) is 13.8. The predicted molar refractivity (Wildman–Crippen MR) is 139 cm³/mol. The lowest BCUT2D eigenvalue weighted by molar-refractivity contribution is -0.393. The monoisotopic (exact) mass is 589 g/mol. The van der Waals surface area contributed by atoms with Crippen LogP contribution in [0.25, 0.3) is 0 Å². The Hall–Kier alpha value is -3.99. The predicted octanol–water partition coefficient (Wildman–Crippen LogP) is 2.37. The molecule has 1 aromatic rings. The normalized spacial score (nSPS) is 14.4. The highest BCUT2D eigenvalue weighted by Crippen LogP contribution is 2.33. The lowest BCUT2D eigenvalue weighted by Gasteiger charge is -2.38. The van der Waals surface area contributed by atoms with Gasteiger partial charge in [0.2, 0.25) is 0 Å². The fraction of sp³-hybridized carbons (Fsp3) is 0.565. The Morgan fingerprint density at radius 1 is 0.900 bits per heavy atom. The largest absolute Gasteiger partial charge is 0.462 e. The zero-order valence-corrected chi connectivity index (χ0v) is 23.5. The highest BCUT2D eigenvalue weighted by molar-refractivity contribution is 7.99. The molecule has 5 unspecified atom stereocenters. The third-order valence-corrected chi connectivity index (χ3v) is 6.13. The number of carbonyl (C=O) groups is 4. The molecule has 0 fully saturated rings. The Morgan fingerprint density at radius 3 is 1.93 bits per heavy atom. The maximum atomic E-state index is 12.3. The Labute approximate surface area is 233 Å². The highest BCUT2D eigenvalue weighted by Gasteiger charge is 2.46. The van der Waals surface area contributed by atoms with Gasteiger partial charge in [0.15, 0.2) is 18.3 Å². The molecule has 222 valence electrons. The fourth-order valence-corrected chi connectivity index (χ4v) is 4.46. The van der Waals surface area contributed by atoms with Crippen LogP contribution in [0.5, 0.6) is 0 Å². The standard InChI is InChI=1S/C23H31N3O13S/c1-7-40-23(35-6)20(24-17-9-8-16(25(31)32)10-18(17)26(33)34)22(39-15(5)30)21(38-14(4)29)19(37-13(3)28)11-36-12(2)27/h8-10,19-24H,7,11H2,1-6H3. The first kappa shape index (κ1) is 34.0. The van der Waals surface area contributed by atoms with E-state index in [0.717, 1.165) is 45.9 Å². The third kappa shape index (κ3) is 10.6. The summed E-state index contributed by atoms with van der Waals surface area (Å²) in [4.78, 5) is 69.2. The number of methoxy groups -OCH3 is 1. The van der Waals surface area contributed by atoms with Gasteiger partial charge in [0, 0.05) is 40.9 Å². The van der Waals surface area contributed by atoms with Gasteiger partial charge in [-0.15, -0.1) is 11.8 Å². The molecule has 1 rings (SSSR count). The van der Waals surface area contributed by atoms with Crippen molar-refractivity contribution in [2.45, 2.75) is 64.4 Å². The van der Waals surface area contributed by atoms with Gasteiger partial charge in [0.1, 0.15) is 23.8 Å². The number of nitrogens with zero attached hydrogens (tertiary/aromatic N) is 2. The molecule has 0 aromatic heterocycles. The molecule has 0 saturated carbocycles. The quantitative estimate of drug-likeness (QED) is 0.0963. The number of benzene rings is 1. The van der Waals surface area contributed by atoms with Crippen molar-refractivity contribution in [3.63, 3.8) is 0 Å². The lowest BCUT2D eigenvalue weighted by atomic mass is 9.99. The van der Waals surface area contributed by atoms with Gasteiger partial charge in [-0.05, 0) is 11.8 Å². The molecule has 17 heteroatoms. The van der Waals surface area contributed by atoms with Gasteiger partial charge in [0.05, 0.1) is 15.9 Å². The van der Waals surface area contributed by atoms with Crippen LogP contribution in [0, 0.1) is 20.2 Å². The number of thioether (sulfide) groups is 1. The number of nitro benzene ring substituents is 2. The average Bonchev–Trinajstić information content (AvgIpc) is 2.85. The van der Waals surface area contributed by atoms with Gasteiger partial charge in [-0.3, -0.25) is 39.4 Å². The Balaban J connectivity index is 3.85. The minimum absolute atomic E-state index is 0.220. The van der Waals surface area contributed by atoms with Crippen LogP contribution in [-0.2, 0) is 42.9 Å². The van der Waals surface area contributed by atoms with Crippen molar-refractivity contribution in [3.05, 3.63) is 38.4 Å². The summed E-state index contributed by atoms with van der Waals surface area (Å²) < 4.78 is 26.7. The average molecular weight is 590 g/mol. The van der Waals surface area contributed by atoms with Crippen LogP contribution < -0.4 is 5.32 Å². The number of non-ortho nitro benzene ring substituents is 1. The van der Waals surface area contributed by atoms with E-state index in [1.54, 1.807) is 6.92 Å². The number of hydrogen-bond donors (Lipinski definition) is 1. The summed E-state index contributed by atoms with van der Waals surface area (Å²) in [6.45, 7) is 5.39. The molecule has 0 heterocycles. The summed E-state index contributed by atoms with van der Waals surface area (Å²) in [7, 11) is 1.31. The number of hydrogen-bond acceptors (Lipinski definition) is 15. The molecule has 16 nitrogen and oxygen atoms in total.